The van der Waals surface area contributed by atoms with Gasteiger partial charge in [0.25, 0.3) is 0 Å². The van der Waals surface area contributed by atoms with Gasteiger partial charge in [-0.05, 0) is 31.4 Å². The zero-order chi connectivity index (χ0) is 12.7. The summed E-state index contributed by atoms with van der Waals surface area (Å²) >= 11 is 0. The van der Waals surface area contributed by atoms with Gasteiger partial charge < -0.3 is 5.32 Å². The summed E-state index contributed by atoms with van der Waals surface area (Å²) in [5.41, 5.74) is 2.95. The Labute approximate surface area is 104 Å². The molecule has 0 atom stereocenters. The third-order valence-corrected chi connectivity index (χ3v) is 2.93. The van der Waals surface area contributed by atoms with E-state index in [1.54, 1.807) is 0 Å². The Hall–Kier alpha value is -1.57. The van der Waals surface area contributed by atoms with E-state index in [9.17, 15) is 4.79 Å². The van der Waals surface area contributed by atoms with E-state index in [1.807, 2.05) is 44.2 Å². The van der Waals surface area contributed by atoms with Crippen LogP contribution >= 0.6 is 0 Å². The molecule has 0 aliphatic heterocycles. The minimum Gasteiger partial charge on any atom is -0.352 e. The number of nitrogens with one attached hydrogen (secondary N) is 1. The van der Waals surface area contributed by atoms with E-state index in [-0.39, 0.29) is 5.91 Å². The van der Waals surface area contributed by atoms with Crippen molar-refractivity contribution < 1.29 is 4.79 Å². The van der Waals surface area contributed by atoms with E-state index in [0.717, 1.165) is 36.1 Å². The highest BCUT2D eigenvalue weighted by atomic mass is 16.1. The van der Waals surface area contributed by atoms with Gasteiger partial charge in [-0.15, -0.1) is 0 Å². The van der Waals surface area contributed by atoms with Crippen LogP contribution in [0, 0.1) is 0 Å². The topological polar surface area (TPSA) is 29.1 Å². The predicted molar refractivity (Wildman–Crippen MR) is 72.6 cm³/mol. The van der Waals surface area contributed by atoms with Crippen molar-refractivity contribution in [3.63, 3.8) is 0 Å². The van der Waals surface area contributed by atoms with Gasteiger partial charge in [-0.3, -0.25) is 4.79 Å². The zero-order valence-corrected chi connectivity index (χ0v) is 10.9. The fourth-order valence-electron chi connectivity index (χ4n) is 1.59. The molecule has 0 aromatic heterocycles. The molecular formula is C15H21NO. The summed E-state index contributed by atoms with van der Waals surface area (Å²) < 4.78 is 0. The summed E-state index contributed by atoms with van der Waals surface area (Å²) in [6.45, 7) is 6.74. The molecule has 17 heavy (non-hydrogen) atoms. The standard InChI is InChI=1S/C15H21NO/c1-4-5-11-16-15(17)13(3)12(2)14-9-7-6-8-10-14/h6-10H,4-5,11H2,1-3H3,(H,16,17)/b13-12+. The van der Waals surface area contributed by atoms with Crippen LogP contribution in [-0.2, 0) is 4.79 Å². The number of hydrogen-bond donors (Lipinski definition) is 1. The van der Waals surface area contributed by atoms with E-state index in [4.69, 9.17) is 0 Å². The quantitative estimate of drug-likeness (QED) is 0.610. The molecule has 1 amide bonds. The van der Waals surface area contributed by atoms with E-state index < -0.39 is 0 Å². The van der Waals surface area contributed by atoms with Gasteiger partial charge in [0.05, 0.1) is 0 Å². The molecule has 2 heteroatoms. The summed E-state index contributed by atoms with van der Waals surface area (Å²) in [4.78, 5) is 11.9. The lowest BCUT2D eigenvalue weighted by molar-refractivity contribution is -0.117. The van der Waals surface area contributed by atoms with E-state index in [0.29, 0.717) is 0 Å². The highest BCUT2D eigenvalue weighted by Gasteiger charge is 2.07. The molecule has 1 aromatic carbocycles. The van der Waals surface area contributed by atoms with Crippen molar-refractivity contribution in [2.45, 2.75) is 33.6 Å². The largest absolute Gasteiger partial charge is 0.352 e. The van der Waals surface area contributed by atoms with Crippen LogP contribution in [0.5, 0.6) is 0 Å². The number of hydrogen-bond acceptors (Lipinski definition) is 1. The first kappa shape index (κ1) is 13.5. The number of benzene rings is 1. The average molecular weight is 231 g/mol. The van der Waals surface area contributed by atoms with Crippen molar-refractivity contribution >= 4 is 11.5 Å². The SMILES string of the molecule is CCCCNC(=O)/C(C)=C(\C)c1ccccc1. The van der Waals surface area contributed by atoms with E-state index >= 15 is 0 Å². The van der Waals surface area contributed by atoms with Gasteiger partial charge in [-0.1, -0.05) is 43.7 Å². The number of unbranched alkanes of at least 4 members (excludes halogenated alkanes) is 1. The van der Waals surface area contributed by atoms with Gasteiger partial charge >= 0.3 is 0 Å². The lowest BCUT2D eigenvalue weighted by Gasteiger charge is -2.09. The molecule has 0 aliphatic rings. The second-order valence-corrected chi connectivity index (χ2v) is 4.23. The fraction of sp³-hybridized carbons (Fsp3) is 0.400. The maximum Gasteiger partial charge on any atom is 0.247 e. The van der Waals surface area contributed by atoms with Crippen LogP contribution in [0.15, 0.2) is 35.9 Å². The van der Waals surface area contributed by atoms with Crippen LogP contribution in [0.3, 0.4) is 0 Å². The van der Waals surface area contributed by atoms with Gasteiger partial charge in [0.2, 0.25) is 5.91 Å². The molecule has 0 unspecified atom stereocenters. The summed E-state index contributed by atoms with van der Waals surface area (Å²) in [5.74, 6) is 0.0415. The smallest absolute Gasteiger partial charge is 0.247 e. The minimum atomic E-state index is 0.0415. The highest BCUT2D eigenvalue weighted by molar-refractivity contribution is 6.00. The molecule has 2 nitrogen and oxygen atoms in total. The second kappa shape index (κ2) is 6.89. The number of allylic oxidation sites excluding steroid dienone is 1. The van der Waals surface area contributed by atoms with E-state index in [2.05, 4.69) is 12.2 Å². The van der Waals surface area contributed by atoms with Crippen LogP contribution in [-0.4, -0.2) is 12.5 Å². The molecule has 0 saturated heterocycles. The first-order chi connectivity index (χ1) is 8.16. The number of amides is 1. The molecule has 1 N–H and O–H groups in total. The summed E-state index contributed by atoms with van der Waals surface area (Å²) in [6, 6.07) is 10.0. The van der Waals surface area contributed by atoms with Gasteiger partial charge in [-0.25, -0.2) is 0 Å². The van der Waals surface area contributed by atoms with Crippen LogP contribution in [0.2, 0.25) is 0 Å². The summed E-state index contributed by atoms with van der Waals surface area (Å²) in [7, 11) is 0. The lowest BCUT2D eigenvalue weighted by atomic mass is 10.0. The molecule has 0 saturated carbocycles. The van der Waals surface area contributed by atoms with Gasteiger partial charge in [0.15, 0.2) is 0 Å². The Balaban J connectivity index is 2.72. The Morgan fingerprint density at radius 3 is 2.41 bits per heavy atom. The van der Waals surface area contributed by atoms with Crippen LogP contribution in [0.1, 0.15) is 39.2 Å². The first-order valence-corrected chi connectivity index (χ1v) is 6.18. The monoisotopic (exact) mass is 231 g/mol. The number of carbonyl (C=O) groups is 1. The number of rotatable bonds is 5. The first-order valence-electron chi connectivity index (χ1n) is 6.18. The molecule has 0 bridgehead atoms. The predicted octanol–water partition coefficient (Wildman–Crippen LogP) is 3.40. The number of carbonyl (C=O) groups excluding carboxylic acids is 1. The second-order valence-electron chi connectivity index (χ2n) is 4.23. The third-order valence-electron chi connectivity index (χ3n) is 2.93. The normalized spacial score (nSPS) is 11.9. The van der Waals surface area contributed by atoms with Crippen molar-refractivity contribution in [1.82, 2.24) is 5.32 Å². The fourth-order valence-corrected chi connectivity index (χ4v) is 1.59. The van der Waals surface area contributed by atoms with Gasteiger partial charge in [0, 0.05) is 12.1 Å². The van der Waals surface area contributed by atoms with Gasteiger partial charge in [0.1, 0.15) is 0 Å². The van der Waals surface area contributed by atoms with E-state index in [1.165, 1.54) is 0 Å². The van der Waals surface area contributed by atoms with Crippen LogP contribution in [0.25, 0.3) is 5.57 Å². The van der Waals surface area contributed by atoms with Crippen molar-refractivity contribution in [3.8, 4) is 0 Å². The molecule has 0 fully saturated rings. The maximum absolute atomic E-state index is 11.9. The molecule has 92 valence electrons. The van der Waals surface area contributed by atoms with Crippen molar-refractivity contribution in [2.75, 3.05) is 6.54 Å². The van der Waals surface area contributed by atoms with Crippen LogP contribution < -0.4 is 5.32 Å². The third kappa shape index (κ3) is 4.06. The Morgan fingerprint density at radius 2 is 1.82 bits per heavy atom. The van der Waals surface area contributed by atoms with Crippen molar-refractivity contribution in [3.05, 3.63) is 41.5 Å². The van der Waals surface area contributed by atoms with Crippen molar-refractivity contribution in [1.29, 1.82) is 0 Å². The molecular weight excluding hydrogens is 210 g/mol. The summed E-state index contributed by atoms with van der Waals surface area (Å²) in [6.07, 6.45) is 2.13. The zero-order valence-electron chi connectivity index (χ0n) is 10.9. The molecule has 0 aliphatic carbocycles. The maximum atomic E-state index is 11.9. The highest BCUT2D eigenvalue weighted by Crippen LogP contribution is 2.17. The van der Waals surface area contributed by atoms with Gasteiger partial charge in [-0.2, -0.15) is 0 Å². The summed E-state index contributed by atoms with van der Waals surface area (Å²) in [5, 5.41) is 2.94. The Kier molecular flexibility index (Phi) is 5.47. The molecule has 0 spiro atoms. The molecule has 1 rings (SSSR count). The van der Waals surface area contributed by atoms with Crippen LogP contribution in [0.4, 0.5) is 0 Å². The minimum absolute atomic E-state index is 0.0415. The van der Waals surface area contributed by atoms with Crippen molar-refractivity contribution in [2.24, 2.45) is 0 Å². The molecule has 0 heterocycles. The average Bonchev–Trinajstić information content (AvgIpc) is 2.38. The Bertz CT molecular complexity index is 393. The molecule has 1 aromatic rings. The molecule has 0 radical (unpaired) electrons. The lowest BCUT2D eigenvalue weighted by Crippen LogP contribution is -2.25. The Morgan fingerprint density at radius 1 is 1.18 bits per heavy atom.